The average molecular weight is 506 g/mol. The van der Waals surface area contributed by atoms with Crippen LogP contribution in [0.2, 0.25) is 0 Å². The van der Waals surface area contributed by atoms with Crippen LogP contribution in [-0.4, -0.2) is 55.0 Å². The van der Waals surface area contributed by atoms with Crippen molar-refractivity contribution in [2.45, 2.75) is 30.8 Å². The number of rotatable bonds is 8. The normalized spacial score (nSPS) is 14.7. The van der Waals surface area contributed by atoms with E-state index >= 15 is 0 Å². The van der Waals surface area contributed by atoms with Gasteiger partial charge in [-0.2, -0.15) is 0 Å². The molecular formula is C27H27N3O5S. The van der Waals surface area contributed by atoms with Gasteiger partial charge in [-0.25, -0.2) is 12.7 Å². The largest absolute Gasteiger partial charge is 0.357 e. The van der Waals surface area contributed by atoms with Gasteiger partial charge >= 0.3 is 0 Å². The van der Waals surface area contributed by atoms with E-state index in [1.807, 2.05) is 61.5 Å². The highest BCUT2D eigenvalue weighted by atomic mass is 32.2. The van der Waals surface area contributed by atoms with Gasteiger partial charge in [-0.1, -0.05) is 72.3 Å². The number of benzene rings is 3. The minimum atomic E-state index is -4.18. The Hall–Kier alpha value is -3.98. The predicted molar refractivity (Wildman–Crippen MR) is 134 cm³/mol. The van der Waals surface area contributed by atoms with E-state index in [-0.39, 0.29) is 23.4 Å². The van der Waals surface area contributed by atoms with Crippen LogP contribution in [-0.2, 0) is 32.6 Å². The van der Waals surface area contributed by atoms with Gasteiger partial charge in [-0.05, 0) is 30.2 Å². The average Bonchev–Trinajstić information content (AvgIpc) is 3.08. The van der Waals surface area contributed by atoms with Crippen LogP contribution in [0.15, 0.2) is 83.8 Å². The van der Waals surface area contributed by atoms with Gasteiger partial charge in [0.1, 0.15) is 17.5 Å². The van der Waals surface area contributed by atoms with E-state index in [0.29, 0.717) is 4.31 Å². The van der Waals surface area contributed by atoms with Crippen LogP contribution < -0.4 is 5.32 Å². The lowest BCUT2D eigenvalue weighted by atomic mass is 10.0. The van der Waals surface area contributed by atoms with Crippen molar-refractivity contribution in [1.29, 1.82) is 0 Å². The minimum Gasteiger partial charge on any atom is -0.357 e. The first-order valence-corrected chi connectivity index (χ1v) is 12.9. The molecular weight excluding hydrogens is 478 g/mol. The molecule has 1 aliphatic rings. The highest BCUT2D eigenvalue weighted by Gasteiger charge is 2.43. The number of aryl methyl sites for hydroxylation is 1. The van der Waals surface area contributed by atoms with E-state index in [1.54, 1.807) is 6.07 Å². The summed E-state index contributed by atoms with van der Waals surface area (Å²) in [6.07, 6.45) is 0.221. The maximum atomic E-state index is 13.7. The second-order valence-electron chi connectivity index (χ2n) is 8.64. The number of fused-ring (bicyclic) bond motifs is 1. The second-order valence-corrected chi connectivity index (χ2v) is 10.5. The van der Waals surface area contributed by atoms with Crippen LogP contribution >= 0.6 is 0 Å². The lowest BCUT2D eigenvalue weighted by Crippen LogP contribution is -2.52. The molecule has 1 N–H and O–H groups in total. The molecule has 0 fully saturated rings. The molecule has 0 spiro atoms. The van der Waals surface area contributed by atoms with Crippen LogP contribution in [0.25, 0.3) is 0 Å². The van der Waals surface area contributed by atoms with E-state index in [4.69, 9.17) is 0 Å². The Balaban J connectivity index is 1.69. The predicted octanol–water partition coefficient (Wildman–Crippen LogP) is 2.53. The van der Waals surface area contributed by atoms with Crippen molar-refractivity contribution >= 4 is 27.7 Å². The van der Waals surface area contributed by atoms with Crippen LogP contribution in [0, 0.1) is 6.92 Å². The minimum absolute atomic E-state index is 0.0301. The van der Waals surface area contributed by atoms with E-state index in [0.717, 1.165) is 16.7 Å². The summed E-state index contributed by atoms with van der Waals surface area (Å²) < 4.78 is 26.7. The fourth-order valence-corrected chi connectivity index (χ4v) is 5.73. The van der Waals surface area contributed by atoms with Crippen molar-refractivity contribution in [3.05, 3.63) is 101 Å². The SMILES string of the molecule is CNC(=O)[C@@H](Cc1ccccc1)N(Cc1ccc(C)cc1)C(=O)CN1C(=O)c2ccccc2S1(=O)=O. The number of hydrogen-bond acceptors (Lipinski definition) is 5. The summed E-state index contributed by atoms with van der Waals surface area (Å²) in [7, 11) is -2.69. The van der Waals surface area contributed by atoms with Crippen LogP contribution in [0.1, 0.15) is 27.0 Å². The number of likely N-dealkylation sites (N-methyl/N-ethyl adjacent to an activating group) is 1. The van der Waals surface area contributed by atoms with Crippen molar-refractivity contribution < 1.29 is 22.8 Å². The maximum Gasteiger partial charge on any atom is 0.269 e. The number of carbonyl (C=O) groups is 3. The number of sulfonamides is 1. The maximum absolute atomic E-state index is 13.7. The topological polar surface area (TPSA) is 104 Å². The molecule has 0 saturated carbocycles. The van der Waals surface area contributed by atoms with Crippen LogP contribution in [0.3, 0.4) is 0 Å². The first-order valence-electron chi connectivity index (χ1n) is 11.5. The van der Waals surface area contributed by atoms with E-state index < -0.39 is 40.3 Å². The van der Waals surface area contributed by atoms with E-state index in [2.05, 4.69) is 5.32 Å². The number of nitrogens with one attached hydrogen (secondary N) is 1. The summed E-state index contributed by atoms with van der Waals surface area (Å²) in [6, 6.07) is 21.7. The molecule has 1 heterocycles. The Morgan fingerprint density at radius 1 is 0.917 bits per heavy atom. The van der Waals surface area contributed by atoms with Gasteiger partial charge in [-0.15, -0.1) is 0 Å². The highest BCUT2D eigenvalue weighted by molar-refractivity contribution is 7.90. The van der Waals surface area contributed by atoms with Gasteiger partial charge in [0.05, 0.1) is 5.56 Å². The summed E-state index contributed by atoms with van der Waals surface area (Å²) in [6.45, 7) is 1.31. The van der Waals surface area contributed by atoms with Crippen molar-refractivity contribution in [3.63, 3.8) is 0 Å². The van der Waals surface area contributed by atoms with Crippen LogP contribution in [0.5, 0.6) is 0 Å². The zero-order chi connectivity index (χ0) is 25.9. The molecule has 0 saturated heterocycles. The monoisotopic (exact) mass is 505 g/mol. The Morgan fingerprint density at radius 2 is 1.56 bits per heavy atom. The van der Waals surface area contributed by atoms with Crippen molar-refractivity contribution in [1.82, 2.24) is 14.5 Å². The molecule has 0 aromatic heterocycles. The summed E-state index contributed by atoms with van der Waals surface area (Å²) in [5.74, 6) is -1.79. The van der Waals surface area contributed by atoms with E-state index in [9.17, 15) is 22.8 Å². The number of nitrogens with zero attached hydrogens (tertiary/aromatic N) is 2. The third kappa shape index (κ3) is 5.01. The van der Waals surface area contributed by atoms with Crippen LogP contribution in [0.4, 0.5) is 0 Å². The molecule has 4 rings (SSSR count). The lowest BCUT2D eigenvalue weighted by Gasteiger charge is -2.32. The first kappa shape index (κ1) is 25.1. The zero-order valence-corrected chi connectivity index (χ0v) is 20.9. The zero-order valence-electron chi connectivity index (χ0n) is 20.0. The molecule has 0 bridgehead atoms. The molecule has 3 aromatic carbocycles. The highest BCUT2D eigenvalue weighted by Crippen LogP contribution is 2.30. The molecule has 3 amide bonds. The van der Waals surface area contributed by atoms with Gasteiger partial charge in [0, 0.05) is 20.0 Å². The molecule has 1 atom stereocenters. The Kier molecular flexibility index (Phi) is 7.21. The summed E-state index contributed by atoms with van der Waals surface area (Å²) in [4.78, 5) is 40.8. The standard InChI is InChI=1S/C27H27N3O5S/c1-19-12-14-21(15-13-19)17-29(23(26(32)28-2)16-20-8-4-3-5-9-20)25(31)18-30-27(33)22-10-6-7-11-24(22)36(30,34)35/h3-15,23H,16-18H2,1-2H3,(H,28,32)/t23-/m1/s1. The smallest absolute Gasteiger partial charge is 0.269 e. The number of carbonyl (C=O) groups excluding carboxylic acids is 3. The molecule has 1 aliphatic heterocycles. The molecule has 0 unspecified atom stereocenters. The number of amides is 3. The summed E-state index contributed by atoms with van der Waals surface area (Å²) in [5, 5.41) is 2.62. The fraction of sp³-hybridized carbons (Fsp3) is 0.222. The molecule has 186 valence electrons. The molecule has 8 nitrogen and oxygen atoms in total. The van der Waals surface area contributed by atoms with Gasteiger partial charge in [0.2, 0.25) is 11.8 Å². The third-order valence-corrected chi connectivity index (χ3v) is 7.97. The van der Waals surface area contributed by atoms with E-state index in [1.165, 1.54) is 30.1 Å². The van der Waals surface area contributed by atoms with Crippen molar-refractivity contribution in [3.8, 4) is 0 Å². The Morgan fingerprint density at radius 3 is 2.19 bits per heavy atom. The Labute approximate surface area is 210 Å². The molecule has 0 aliphatic carbocycles. The molecule has 9 heteroatoms. The lowest BCUT2D eigenvalue weighted by molar-refractivity contribution is -0.140. The van der Waals surface area contributed by atoms with Crippen molar-refractivity contribution in [2.24, 2.45) is 0 Å². The molecule has 3 aromatic rings. The van der Waals surface area contributed by atoms with Crippen molar-refractivity contribution in [2.75, 3.05) is 13.6 Å². The fourth-order valence-electron chi connectivity index (χ4n) is 4.21. The first-order chi connectivity index (χ1) is 17.2. The van der Waals surface area contributed by atoms with Gasteiger partial charge in [0.15, 0.2) is 0 Å². The molecule has 0 radical (unpaired) electrons. The van der Waals surface area contributed by atoms with Gasteiger partial charge < -0.3 is 10.2 Å². The quantitative estimate of drug-likeness (QED) is 0.507. The summed E-state index contributed by atoms with van der Waals surface area (Å²) >= 11 is 0. The Bertz CT molecular complexity index is 1390. The summed E-state index contributed by atoms with van der Waals surface area (Å²) in [5.41, 5.74) is 2.68. The number of hydrogen-bond donors (Lipinski definition) is 1. The third-order valence-electron chi connectivity index (χ3n) is 6.18. The van der Waals surface area contributed by atoms with Gasteiger partial charge in [0.25, 0.3) is 15.9 Å². The van der Waals surface area contributed by atoms with Gasteiger partial charge in [-0.3, -0.25) is 14.4 Å². The molecule has 36 heavy (non-hydrogen) atoms. The second kappa shape index (κ2) is 10.3.